The summed E-state index contributed by atoms with van der Waals surface area (Å²) in [4.78, 5) is 0. The van der Waals surface area contributed by atoms with Gasteiger partial charge in [-0.05, 0) is 11.8 Å². The highest BCUT2D eigenvalue weighted by Gasteiger charge is 2.25. The van der Waals surface area contributed by atoms with Crippen LogP contribution in [-0.2, 0) is 23.2 Å². The average molecular weight is 263 g/mol. The lowest BCUT2D eigenvalue weighted by Crippen LogP contribution is -2.16. The van der Waals surface area contributed by atoms with E-state index in [1.165, 1.54) is 4.57 Å². The third-order valence-electron chi connectivity index (χ3n) is 2.15. The topological polar surface area (TPSA) is 64.8 Å². The Balaban J connectivity index is 3.20. The molecule has 1 aromatic rings. The Bertz CT molecular complexity index is 488. The summed E-state index contributed by atoms with van der Waals surface area (Å²) in [5, 5.41) is 6.64. The van der Waals surface area contributed by atoms with E-state index < -0.39 is 15.4 Å². The van der Waals surface area contributed by atoms with Gasteiger partial charge in [0.15, 0.2) is 0 Å². The van der Waals surface area contributed by atoms with Gasteiger partial charge in [-0.3, -0.25) is 4.57 Å². The van der Waals surface area contributed by atoms with Crippen LogP contribution in [0.4, 0.5) is 3.89 Å². The largest absolute Gasteiger partial charge is 0.368 e. The first-order chi connectivity index (χ1) is 7.65. The van der Waals surface area contributed by atoms with Gasteiger partial charge in [-0.25, -0.2) is 0 Å². The van der Waals surface area contributed by atoms with E-state index in [9.17, 15) is 12.3 Å². The summed E-state index contributed by atoms with van der Waals surface area (Å²) in [6.07, 6.45) is 1.24. The van der Waals surface area contributed by atoms with Gasteiger partial charge in [-0.15, -0.1) is 10.2 Å². The van der Waals surface area contributed by atoms with Crippen molar-refractivity contribution >= 4 is 10.2 Å². The fourth-order valence-electron chi connectivity index (χ4n) is 1.55. The summed E-state index contributed by atoms with van der Waals surface area (Å²) >= 11 is 0. The van der Waals surface area contributed by atoms with Crippen molar-refractivity contribution in [3.63, 3.8) is 0 Å². The van der Waals surface area contributed by atoms with E-state index in [0.29, 0.717) is 25.2 Å². The molecule has 7 heteroatoms. The molecule has 0 aliphatic rings. The van der Waals surface area contributed by atoms with Gasteiger partial charge in [0.05, 0.1) is 0 Å². The number of halogens is 1. The molecule has 0 atom stereocenters. The monoisotopic (exact) mass is 263 g/mol. The van der Waals surface area contributed by atoms with Crippen LogP contribution in [0.25, 0.3) is 0 Å². The van der Waals surface area contributed by atoms with E-state index in [-0.39, 0.29) is 5.41 Å². The smallest absolute Gasteiger partial charge is 0.300 e. The van der Waals surface area contributed by atoms with E-state index in [1.54, 1.807) is 0 Å². The van der Waals surface area contributed by atoms with Gasteiger partial charge in [0, 0.05) is 13.0 Å². The summed E-state index contributed by atoms with van der Waals surface area (Å²) in [7, 11) is -4.80. The van der Waals surface area contributed by atoms with Crippen molar-refractivity contribution in [2.75, 3.05) is 0 Å². The standard InChI is InChI=1S/C10H18FN3O2S/c1-5-6-14-8(7-10(2,3)4)12-13-9(14)17(11,15)16/h5-7H2,1-4H3. The van der Waals surface area contributed by atoms with Crippen molar-refractivity contribution in [3.8, 4) is 0 Å². The fraction of sp³-hybridized carbons (Fsp3) is 0.800. The Morgan fingerprint density at radius 1 is 1.29 bits per heavy atom. The minimum Gasteiger partial charge on any atom is -0.300 e. The maximum absolute atomic E-state index is 13.0. The molecule has 5 nitrogen and oxygen atoms in total. The van der Waals surface area contributed by atoms with Gasteiger partial charge < -0.3 is 0 Å². The average Bonchev–Trinajstić information content (AvgIpc) is 2.45. The first-order valence-corrected chi connectivity index (χ1v) is 6.90. The van der Waals surface area contributed by atoms with E-state index in [4.69, 9.17) is 0 Å². The van der Waals surface area contributed by atoms with E-state index in [1.807, 2.05) is 27.7 Å². The Morgan fingerprint density at radius 2 is 1.88 bits per heavy atom. The maximum atomic E-state index is 13.0. The first kappa shape index (κ1) is 14.1. The molecular formula is C10H18FN3O2S. The van der Waals surface area contributed by atoms with Gasteiger partial charge in [0.1, 0.15) is 5.82 Å². The lowest BCUT2D eigenvalue weighted by molar-refractivity contribution is 0.387. The summed E-state index contributed by atoms with van der Waals surface area (Å²) in [6.45, 7) is 8.29. The molecule has 0 radical (unpaired) electrons. The van der Waals surface area contributed by atoms with Gasteiger partial charge in [-0.2, -0.15) is 8.42 Å². The Labute approximate surface area is 101 Å². The van der Waals surface area contributed by atoms with Crippen LogP contribution < -0.4 is 0 Å². The van der Waals surface area contributed by atoms with Crippen LogP contribution in [0.5, 0.6) is 0 Å². The Morgan fingerprint density at radius 3 is 2.29 bits per heavy atom. The molecule has 0 fully saturated rings. The molecule has 0 saturated carbocycles. The molecule has 1 heterocycles. The molecule has 0 bridgehead atoms. The third-order valence-corrected chi connectivity index (χ3v) is 2.89. The number of hydrogen-bond donors (Lipinski definition) is 0. The van der Waals surface area contributed by atoms with Crippen molar-refractivity contribution in [2.24, 2.45) is 5.41 Å². The second kappa shape index (κ2) is 4.72. The number of hydrogen-bond acceptors (Lipinski definition) is 4. The molecule has 0 aromatic carbocycles. The summed E-state index contributed by atoms with van der Waals surface area (Å²) in [5.41, 5.74) is -0.0597. The normalized spacial score (nSPS) is 13.0. The Kier molecular flexibility index (Phi) is 3.91. The molecule has 1 rings (SSSR count). The van der Waals surface area contributed by atoms with Crippen molar-refractivity contribution in [3.05, 3.63) is 5.82 Å². The molecule has 0 aliphatic carbocycles. The highest BCUT2D eigenvalue weighted by atomic mass is 32.3. The highest BCUT2D eigenvalue weighted by Crippen LogP contribution is 2.21. The van der Waals surface area contributed by atoms with Crippen LogP contribution in [0, 0.1) is 5.41 Å². The number of aromatic nitrogens is 3. The lowest BCUT2D eigenvalue weighted by Gasteiger charge is -2.17. The number of nitrogens with zero attached hydrogens (tertiary/aromatic N) is 3. The second-order valence-corrected chi connectivity index (χ2v) is 6.47. The molecular weight excluding hydrogens is 245 g/mol. The first-order valence-electron chi connectivity index (χ1n) is 5.52. The molecule has 1 aromatic heterocycles. The van der Waals surface area contributed by atoms with Gasteiger partial charge >= 0.3 is 10.2 Å². The predicted octanol–water partition coefficient (Wildman–Crippen LogP) is 1.93. The van der Waals surface area contributed by atoms with Crippen molar-refractivity contribution in [1.82, 2.24) is 14.8 Å². The van der Waals surface area contributed by atoms with Crippen molar-refractivity contribution in [2.45, 2.75) is 52.2 Å². The molecule has 0 saturated heterocycles. The van der Waals surface area contributed by atoms with Crippen LogP contribution in [0.3, 0.4) is 0 Å². The van der Waals surface area contributed by atoms with Crippen LogP contribution in [0.2, 0.25) is 0 Å². The van der Waals surface area contributed by atoms with Gasteiger partial charge in [-0.1, -0.05) is 31.6 Å². The predicted molar refractivity (Wildman–Crippen MR) is 61.8 cm³/mol. The zero-order chi connectivity index (χ0) is 13.3. The summed E-state index contributed by atoms with van der Waals surface area (Å²) in [6, 6.07) is 0. The molecule has 0 spiro atoms. The van der Waals surface area contributed by atoms with Gasteiger partial charge in [0.25, 0.3) is 5.16 Å². The molecule has 98 valence electrons. The fourth-order valence-corrected chi connectivity index (χ4v) is 2.15. The quantitative estimate of drug-likeness (QED) is 0.779. The second-order valence-electron chi connectivity index (χ2n) is 5.23. The lowest BCUT2D eigenvalue weighted by atomic mass is 9.92. The molecule has 0 unspecified atom stereocenters. The van der Waals surface area contributed by atoms with E-state index in [2.05, 4.69) is 10.2 Å². The van der Waals surface area contributed by atoms with Crippen molar-refractivity contribution < 1.29 is 12.3 Å². The molecule has 0 aliphatic heterocycles. The zero-order valence-electron chi connectivity index (χ0n) is 10.6. The molecule has 0 amide bonds. The summed E-state index contributed by atoms with van der Waals surface area (Å²) in [5.74, 6) is 0.510. The zero-order valence-corrected chi connectivity index (χ0v) is 11.4. The molecule has 0 N–H and O–H groups in total. The van der Waals surface area contributed by atoms with E-state index >= 15 is 0 Å². The SMILES string of the molecule is CCCn1c(CC(C)(C)C)nnc1S(=O)(=O)F. The summed E-state index contributed by atoms with van der Waals surface area (Å²) < 4.78 is 36.2. The van der Waals surface area contributed by atoms with Crippen LogP contribution in [0.1, 0.15) is 39.9 Å². The highest BCUT2D eigenvalue weighted by molar-refractivity contribution is 7.86. The van der Waals surface area contributed by atoms with Gasteiger partial charge in [0.2, 0.25) is 0 Å². The minimum absolute atomic E-state index is 0.0597. The van der Waals surface area contributed by atoms with Crippen LogP contribution in [-0.4, -0.2) is 23.2 Å². The maximum Gasteiger partial charge on any atom is 0.368 e. The van der Waals surface area contributed by atoms with Crippen molar-refractivity contribution in [1.29, 1.82) is 0 Å². The third kappa shape index (κ3) is 3.76. The minimum atomic E-state index is -4.80. The van der Waals surface area contributed by atoms with Crippen LogP contribution in [0.15, 0.2) is 5.16 Å². The Hall–Kier alpha value is -0.980. The van der Waals surface area contributed by atoms with Crippen LogP contribution >= 0.6 is 0 Å². The number of rotatable bonds is 4. The van der Waals surface area contributed by atoms with E-state index in [0.717, 1.165) is 0 Å². The molecule has 17 heavy (non-hydrogen) atoms.